The van der Waals surface area contributed by atoms with Crippen molar-refractivity contribution in [3.05, 3.63) is 0 Å². The zero-order chi connectivity index (χ0) is 7.40. The number of nitrogens with one attached hydrogen (secondary N) is 2. The van der Waals surface area contributed by atoms with E-state index in [0.717, 1.165) is 0 Å². The molecule has 0 aromatic heterocycles. The van der Waals surface area contributed by atoms with Crippen molar-refractivity contribution >= 4 is 6.09 Å². The molecule has 58 valence electrons. The Morgan fingerprint density at radius 2 is 2.70 bits per heavy atom. The van der Waals surface area contributed by atoms with Crippen LogP contribution in [-0.4, -0.2) is 25.7 Å². The van der Waals surface area contributed by atoms with Crippen molar-refractivity contribution in [2.24, 2.45) is 5.84 Å². The van der Waals surface area contributed by atoms with Gasteiger partial charge < -0.3 is 9.47 Å². The molecule has 1 aliphatic rings. The minimum Gasteiger partial charge on any atom is -0.404 e. The maximum atomic E-state index is 10.4. The lowest BCUT2D eigenvalue weighted by molar-refractivity contribution is -0.0797. The number of ether oxygens (including phenoxy) is 2. The molecule has 6 heteroatoms. The second kappa shape index (κ2) is 3.35. The van der Waals surface area contributed by atoms with Gasteiger partial charge in [0.25, 0.3) is 6.41 Å². The Bertz CT molecular complexity index is 123. The summed E-state index contributed by atoms with van der Waals surface area (Å²) >= 11 is 0. The lowest BCUT2D eigenvalue weighted by Gasteiger charge is -2.09. The molecule has 0 saturated carbocycles. The Morgan fingerprint density at radius 3 is 3.20 bits per heavy atom. The van der Waals surface area contributed by atoms with Crippen molar-refractivity contribution in [3.63, 3.8) is 0 Å². The molecule has 0 radical (unpaired) electrons. The van der Waals surface area contributed by atoms with Crippen molar-refractivity contribution in [3.8, 4) is 0 Å². The van der Waals surface area contributed by atoms with Crippen LogP contribution in [0.3, 0.4) is 0 Å². The van der Waals surface area contributed by atoms with E-state index < -0.39 is 12.5 Å². The number of hydrogen-bond acceptors (Lipinski definition) is 5. The van der Waals surface area contributed by atoms with Gasteiger partial charge in [-0.2, -0.15) is 0 Å². The van der Waals surface area contributed by atoms with Gasteiger partial charge in [-0.15, -0.1) is 0 Å². The van der Waals surface area contributed by atoms with E-state index in [1.54, 1.807) is 0 Å². The number of amides is 1. The normalized spacial score (nSPS) is 24.3. The van der Waals surface area contributed by atoms with Crippen LogP contribution in [-0.2, 0) is 9.47 Å². The smallest absolute Gasteiger partial charge is 0.404 e. The number of hydrogen-bond donors (Lipinski definition) is 3. The molecule has 1 aliphatic heterocycles. The molecule has 1 unspecified atom stereocenters. The fraction of sp³-hybridized carbons (Fsp3) is 0.750. The van der Waals surface area contributed by atoms with Crippen molar-refractivity contribution in [1.29, 1.82) is 0 Å². The van der Waals surface area contributed by atoms with Crippen molar-refractivity contribution in [1.82, 2.24) is 10.7 Å². The standard InChI is InChI=1S/C4H9N3O3/c5-7-3(8)10-4-6-1-2-9-4/h4,6H,1-2,5H2,(H,7,8). The molecule has 1 saturated heterocycles. The van der Waals surface area contributed by atoms with E-state index in [-0.39, 0.29) is 0 Å². The number of nitrogens with two attached hydrogens (primary N) is 1. The Balaban J connectivity index is 2.17. The van der Waals surface area contributed by atoms with Gasteiger partial charge in [0, 0.05) is 6.54 Å². The highest BCUT2D eigenvalue weighted by Gasteiger charge is 2.17. The van der Waals surface area contributed by atoms with Crippen LogP contribution in [0.25, 0.3) is 0 Å². The molecular formula is C4H9N3O3. The summed E-state index contributed by atoms with van der Waals surface area (Å²) in [6.07, 6.45) is -1.36. The predicted octanol–water partition coefficient (Wildman–Crippen LogP) is -1.51. The minimum absolute atomic E-state index is 0.544. The van der Waals surface area contributed by atoms with Crippen LogP contribution in [0.4, 0.5) is 4.79 Å². The van der Waals surface area contributed by atoms with Gasteiger partial charge in [0.2, 0.25) is 0 Å². The topological polar surface area (TPSA) is 85.6 Å². The molecule has 0 bridgehead atoms. The summed E-state index contributed by atoms with van der Waals surface area (Å²) in [5.41, 5.74) is 1.81. The van der Waals surface area contributed by atoms with Crippen LogP contribution in [0, 0.1) is 0 Å². The predicted molar refractivity (Wildman–Crippen MR) is 31.5 cm³/mol. The van der Waals surface area contributed by atoms with Crippen molar-refractivity contribution in [2.45, 2.75) is 6.41 Å². The average Bonchev–Trinajstić information content (AvgIpc) is 2.40. The summed E-state index contributed by atoms with van der Waals surface area (Å²) < 4.78 is 9.43. The summed E-state index contributed by atoms with van der Waals surface area (Å²) in [7, 11) is 0. The highest BCUT2D eigenvalue weighted by Crippen LogP contribution is 1.96. The second-order valence-electron chi connectivity index (χ2n) is 1.71. The molecule has 1 amide bonds. The summed E-state index contributed by atoms with van der Waals surface area (Å²) in [5, 5.41) is 2.76. The zero-order valence-electron chi connectivity index (χ0n) is 5.29. The van der Waals surface area contributed by atoms with Crippen LogP contribution in [0.5, 0.6) is 0 Å². The Hall–Kier alpha value is -0.850. The average molecular weight is 147 g/mol. The first-order valence-corrected chi connectivity index (χ1v) is 2.85. The highest BCUT2D eigenvalue weighted by atomic mass is 16.7. The third kappa shape index (κ3) is 1.83. The Labute approximate surface area is 57.6 Å². The van der Waals surface area contributed by atoms with Gasteiger partial charge >= 0.3 is 6.09 Å². The van der Waals surface area contributed by atoms with Gasteiger partial charge in [-0.25, -0.2) is 10.6 Å². The third-order valence-corrected chi connectivity index (χ3v) is 1.01. The van der Waals surface area contributed by atoms with Gasteiger partial charge in [0.15, 0.2) is 0 Å². The maximum absolute atomic E-state index is 10.4. The van der Waals surface area contributed by atoms with Gasteiger partial charge in [0.1, 0.15) is 0 Å². The number of rotatable bonds is 1. The number of carbonyl (C=O) groups is 1. The molecule has 0 aromatic rings. The molecule has 4 N–H and O–H groups in total. The summed E-state index contributed by atoms with van der Waals surface area (Å²) in [4.78, 5) is 10.4. The van der Waals surface area contributed by atoms with Crippen LogP contribution in [0.2, 0.25) is 0 Å². The molecule has 1 atom stereocenters. The van der Waals surface area contributed by atoms with E-state index in [4.69, 9.17) is 10.6 Å². The molecule has 0 spiro atoms. The number of carbonyl (C=O) groups excluding carboxylic acids is 1. The first-order valence-electron chi connectivity index (χ1n) is 2.85. The lowest BCUT2D eigenvalue weighted by Crippen LogP contribution is -2.37. The molecular weight excluding hydrogens is 138 g/mol. The van der Waals surface area contributed by atoms with Gasteiger partial charge in [-0.1, -0.05) is 0 Å². The van der Waals surface area contributed by atoms with E-state index in [1.165, 1.54) is 0 Å². The summed E-state index contributed by atoms with van der Waals surface area (Å²) in [5.74, 6) is 4.74. The largest absolute Gasteiger partial charge is 0.424 e. The minimum atomic E-state index is -0.709. The summed E-state index contributed by atoms with van der Waals surface area (Å²) in [6, 6.07) is 0. The van der Waals surface area contributed by atoms with E-state index in [2.05, 4.69) is 10.1 Å². The molecule has 0 aliphatic carbocycles. The molecule has 1 heterocycles. The highest BCUT2D eigenvalue weighted by molar-refractivity contribution is 5.66. The molecule has 0 aromatic carbocycles. The molecule has 6 nitrogen and oxygen atoms in total. The van der Waals surface area contributed by atoms with Crippen LogP contribution < -0.4 is 16.6 Å². The zero-order valence-corrected chi connectivity index (χ0v) is 5.29. The second-order valence-corrected chi connectivity index (χ2v) is 1.71. The van der Waals surface area contributed by atoms with E-state index >= 15 is 0 Å². The van der Waals surface area contributed by atoms with Crippen LogP contribution in [0.1, 0.15) is 0 Å². The van der Waals surface area contributed by atoms with Crippen molar-refractivity contribution < 1.29 is 14.3 Å². The van der Waals surface area contributed by atoms with E-state index in [1.807, 2.05) is 5.43 Å². The van der Waals surface area contributed by atoms with Gasteiger partial charge in [-0.05, 0) is 0 Å². The Morgan fingerprint density at radius 1 is 1.90 bits per heavy atom. The monoisotopic (exact) mass is 147 g/mol. The molecule has 10 heavy (non-hydrogen) atoms. The fourth-order valence-corrected chi connectivity index (χ4v) is 0.609. The quantitative estimate of drug-likeness (QED) is 0.238. The maximum Gasteiger partial charge on any atom is 0.424 e. The SMILES string of the molecule is NNC(=O)OC1NCCO1. The number of hydrazine groups is 1. The molecule has 1 fully saturated rings. The fourth-order valence-electron chi connectivity index (χ4n) is 0.609. The Kier molecular flexibility index (Phi) is 2.43. The first-order chi connectivity index (χ1) is 4.83. The first kappa shape index (κ1) is 7.26. The molecule has 1 rings (SSSR count). The lowest BCUT2D eigenvalue weighted by atomic mass is 10.7. The van der Waals surface area contributed by atoms with Crippen LogP contribution >= 0.6 is 0 Å². The van der Waals surface area contributed by atoms with Crippen LogP contribution in [0.15, 0.2) is 0 Å². The third-order valence-electron chi connectivity index (χ3n) is 1.01. The van der Waals surface area contributed by atoms with Gasteiger partial charge in [-0.3, -0.25) is 10.7 Å². The van der Waals surface area contributed by atoms with E-state index in [0.29, 0.717) is 13.2 Å². The summed E-state index contributed by atoms with van der Waals surface area (Å²) in [6.45, 7) is 1.23. The van der Waals surface area contributed by atoms with Gasteiger partial charge in [0.05, 0.1) is 6.61 Å². The van der Waals surface area contributed by atoms with E-state index in [9.17, 15) is 4.79 Å². The van der Waals surface area contributed by atoms with Crippen molar-refractivity contribution in [2.75, 3.05) is 13.2 Å².